The SMILES string of the molecule is COC1OC2OC3(C)C(O)CC(C2C)C13. The van der Waals surface area contributed by atoms with Crippen LogP contribution in [0.1, 0.15) is 20.3 Å². The molecule has 3 aliphatic heterocycles. The van der Waals surface area contributed by atoms with E-state index >= 15 is 0 Å². The Bertz CT molecular complexity index is 282. The standard InChI is InChI=1S/C11H18O4/c1-5-6-4-7(12)11(2)8(6)10(13-3)14-9(5)15-11/h5-10,12H,4H2,1-3H3. The smallest absolute Gasteiger partial charge is 0.166 e. The lowest BCUT2D eigenvalue weighted by Crippen LogP contribution is -2.63. The van der Waals surface area contributed by atoms with Crippen LogP contribution in [0.25, 0.3) is 0 Å². The summed E-state index contributed by atoms with van der Waals surface area (Å²) in [6.45, 7) is 4.11. The van der Waals surface area contributed by atoms with E-state index in [0.717, 1.165) is 6.42 Å². The predicted octanol–water partition coefficient (Wildman–Crippen LogP) is 0.737. The average molecular weight is 214 g/mol. The summed E-state index contributed by atoms with van der Waals surface area (Å²) in [5.74, 6) is 0.978. The van der Waals surface area contributed by atoms with Crippen molar-refractivity contribution in [3.8, 4) is 0 Å². The average Bonchev–Trinajstić information content (AvgIpc) is 2.44. The first-order valence-electron chi connectivity index (χ1n) is 5.62. The minimum absolute atomic E-state index is 0.164. The third kappa shape index (κ3) is 1.06. The molecule has 7 atom stereocenters. The molecule has 0 radical (unpaired) electrons. The zero-order valence-electron chi connectivity index (χ0n) is 9.34. The van der Waals surface area contributed by atoms with Crippen LogP contribution in [-0.2, 0) is 14.2 Å². The van der Waals surface area contributed by atoms with Crippen LogP contribution in [0.15, 0.2) is 0 Å². The van der Waals surface area contributed by atoms with Crippen molar-refractivity contribution in [1.29, 1.82) is 0 Å². The summed E-state index contributed by atoms with van der Waals surface area (Å²) in [4.78, 5) is 0. The van der Waals surface area contributed by atoms with Crippen molar-refractivity contribution in [3.05, 3.63) is 0 Å². The van der Waals surface area contributed by atoms with Gasteiger partial charge in [0.1, 0.15) is 5.60 Å². The molecular weight excluding hydrogens is 196 g/mol. The second kappa shape index (κ2) is 2.94. The van der Waals surface area contributed by atoms with E-state index in [1.165, 1.54) is 0 Å². The highest BCUT2D eigenvalue weighted by Crippen LogP contribution is 2.58. The topological polar surface area (TPSA) is 47.9 Å². The van der Waals surface area contributed by atoms with Gasteiger partial charge in [0.05, 0.1) is 6.10 Å². The summed E-state index contributed by atoms with van der Waals surface area (Å²) in [6, 6.07) is 0. The lowest BCUT2D eigenvalue weighted by atomic mass is 9.74. The lowest BCUT2D eigenvalue weighted by molar-refractivity contribution is -0.405. The molecule has 4 heteroatoms. The summed E-state index contributed by atoms with van der Waals surface area (Å²) in [6.07, 6.45) is -0.0112. The quantitative estimate of drug-likeness (QED) is 0.699. The fourth-order valence-electron chi connectivity index (χ4n) is 3.59. The molecule has 86 valence electrons. The van der Waals surface area contributed by atoms with Crippen LogP contribution in [0.3, 0.4) is 0 Å². The zero-order valence-corrected chi connectivity index (χ0v) is 9.34. The highest BCUT2D eigenvalue weighted by molar-refractivity contribution is 5.10. The molecular formula is C11H18O4. The minimum atomic E-state index is -0.471. The number of aliphatic hydroxyl groups is 1. The number of rotatable bonds is 1. The van der Waals surface area contributed by atoms with Gasteiger partial charge >= 0.3 is 0 Å². The van der Waals surface area contributed by atoms with Crippen molar-refractivity contribution in [1.82, 2.24) is 0 Å². The van der Waals surface area contributed by atoms with E-state index in [1.54, 1.807) is 7.11 Å². The van der Waals surface area contributed by atoms with E-state index in [2.05, 4.69) is 6.92 Å². The van der Waals surface area contributed by atoms with Gasteiger partial charge in [0.2, 0.25) is 0 Å². The number of ether oxygens (including phenoxy) is 3. The monoisotopic (exact) mass is 214 g/mol. The van der Waals surface area contributed by atoms with Gasteiger partial charge in [-0.25, -0.2) is 0 Å². The maximum Gasteiger partial charge on any atom is 0.166 e. The predicted molar refractivity (Wildman–Crippen MR) is 51.9 cm³/mol. The molecule has 4 nitrogen and oxygen atoms in total. The van der Waals surface area contributed by atoms with Crippen LogP contribution in [0.4, 0.5) is 0 Å². The number of fused-ring (bicyclic) bond motifs is 1. The Labute approximate surface area is 89.5 Å². The Balaban J connectivity index is 2.01. The Morgan fingerprint density at radius 2 is 2.20 bits per heavy atom. The molecule has 15 heavy (non-hydrogen) atoms. The molecule has 0 aromatic rings. The van der Waals surface area contributed by atoms with Gasteiger partial charge in [0, 0.05) is 18.9 Å². The normalized spacial score (nSPS) is 62.4. The van der Waals surface area contributed by atoms with Gasteiger partial charge in [-0.15, -0.1) is 0 Å². The molecule has 4 fully saturated rings. The Hall–Kier alpha value is -0.160. The van der Waals surface area contributed by atoms with E-state index in [1.807, 2.05) is 6.92 Å². The van der Waals surface area contributed by atoms with E-state index in [-0.39, 0.29) is 24.6 Å². The van der Waals surface area contributed by atoms with E-state index in [0.29, 0.717) is 11.8 Å². The van der Waals surface area contributed by atoms with Gasteiger partial charge in [0.15, 0.2) is 12.6 Å². The fraction of sp³-hybridized carbons (Fsp3) is 1.00. The van der Waals surface area contributed by atoms with Crippen LogP contribution < -0.4 is 0 Å². The zero-order chi connectivity index (χ0) is 10.8. The number of aliphatic hydroxyl groups excluding tert-OH is 1. The van der Waals surface area contributed by atoms with Crippen LogP contribution >= 0.6 is 0 Å². The Morgan fingerprint density at radius 1 is 1.47 bits per heavy atom. The number of methoxy groups -OCH3 is 1. The van der Waals surface area contributed by atoms with Crippen molar-refractivity contribution < 1.29 is 19.3 Å². The maximum atomic E-state index is 10.1. The lowest BCUT2D eigenvalue weighted by Gasteiger charge is -2.54. The largest absolute Gasteiger partial charge is 0.390 e. The molecule has 4 rings (SSSR count). The van der Waals surface area contributed by atoms with Crippen molar-refractivity contribution in [2.45, 2.75) is 44.6 Å². The molecule has 3 heterocycles. The summed E-state index contributed by atoms with van der Waals surface area (Å²) < 4.78 is 16.9. The fourth-order valence-corrected chi connectivity index (χ4v) is 3.59. The molecule has 0 amide bonds. The summed E-state index contributed by atoms with van der Waals surface area (Å²) in [5.41, 5.74) is -0.471. The van der Waals surface area contributed by atoms with Gasteiger partial charge in [-0.1, -0.05) is 6.92 Å². The van der Waals surface area contributed by atoms with Gasteiger partial charge in [-0.2, -0.15) is 0 Å². The van der Waals surface area contributed by atoms with Gasteiger partial charge < -0.3 is 19.3 Å². The highest BCUT2D eigenvalue weighted by atomic mass is 16.8. The second-order valence-electron chi connectivity index (χ2n) is 5.21. The van der Waals surface area contributed by atoms with Crippen molar-refractivity contribution in [2.24, 2.45) is 17.8 Å². The number of hydrogen-bond donors (Lipinski definition) is 1. The van der Waals surface area contributed by atoms with Gasteiger partial charge in [0.25, 0.3) is 0 Å². The molecule has 1 N–H and O–H groups in total. The van der Waals surface area contributed by atoms with Crippen LogP contribution in [0.5, 0.6) is 0 Å². The first-order valence-corrected chi connectivity index (χ1v) is 5.62. The van der Waals surface area contributed by atoms with Gasteiger partial charge in [-0.3, -0.25) is 0 Å². The van der Waals surface area contributed by atoms with Gasteiger partial charge in [-0.05, 0) is 19.3 Å². The Kier molecular flexibility index (Phi) is 1.97. The molecule has 7 unspecified atom stereocenters. The molecule has 1 aliphatic carbocycles. The molecule has 4 bridgehead atoms. The first-order chi connectivity index (χ1) is 7.08. The summed E-state index contributed by atoms with van der Waals surface area (Å²) in [7, 11) is 1.66. The second-order valence-corrected chi connectivity index (χ2v) is 5.21. The summed E-state index contributed by atoms with van der Waals surface area (Å²) in [5, 5.41) is 10.1. The molecule has 0 aromatic heterocycles. The molecule has 4 aliphatic rings. The molecule has 0 aromatic carbocycles. The Morgan fingerprint density at radius 3 is 2.87 bits per heavy atom. The molecule has 0 spiro atoms. The van der Waals surface area contributed by atoms with E-state index < -0.39 is 5.60 Å². The van der Waals surface area contributed by atoms with Crippen LogP contribution in [0.2, 0.25) is 0 Å². The third-order valence-electron chi connectivity index (χ3n) is 4.55. The first kappa shape index (κ1) is 10.0. The molecule has 1 saturated carbocycles. The third-order valence-corrected chi connectivity index (χ3v) is 4.55. The molecule has 3 saturated heterocycles. The van der Waals surface area contributed by atoms with Crippen molar-refractivity contribution in [3.63, 3.8) is 0 Å². The van der Waals surface area contributed by atoms with Crippen LogP contribution in [-0.4, -0.2) is 36.5 Å². The van der Waals surface area contributed by atoms with Crippen LogP contribution in [0, 0.1) is 17.8 Å². The van der Waals surface area contributed by atoms with E-state index in [4.69, 9.17) is 14.2 Å². The number of hydrogen-bond acceptors (Lipinski definition) is 4. The highest BCUT2D eigenvalue weighted by Gasteiger charge is 2.66. The van der Waals surface area contributed by atoms with E-state index in [9.17, 15) is 5.11 Å². The maximum absolute atomic E-state index is 10.1. The van der Waals surface area contributed by atoms with Crippen molar-refractivity contribution >= 4 is 0 Å². The summed E-state index contributed by atoms with van der Waals surface area (Å²) >= 11 is 0. The van der Waals surface area contributed by atoms with Crippen molar-refractivity contribution in [2.75, 3.05) is 7.11 Å². The minimum Gasteiger partial charge on any atom is -0.390 e.